The molecule has 0 atom stereocenters. The van der Waals surface area contributed by atoms with Gasteiger partial charge in [0.1, 0.15) is 11.6 Å². The molecule has 1 radical (unpaired) electrons. The van der Waals surface area contributed by atoms with Gasteiger partial charge in [-0.05, 0) is 71.1 Å². The molecule has 40 heavy (non-hydrogen) atoms. The van der Waals surface area contributed by atoms with E-state index in [-0.39, 0.29) is 11.6 Å². The molecule has 0 aromatic heterocycles. The zero-order valence-electron chi connectivity index (χ0n) is 27.2. The maximum Gasteiger partial charge on any atom is 0.143 e. The van der Waals surface area contributed by atoms with Gasteiger partial charge in [0.15, 0.2) is 0 Å². The van der Waals surface area contributed by atoms with Crippen molar-refractivity contribution in [1.82, 2.24) is 0 Å². The van der Waals surface area contributed by atoms with Gasteiger partial charge in [0.25, 0.3) is 0 Å². The minimum atomic E-state index is -0.645. The molecule has 0 aromatic carbocycles. The van der Waals surface area contributed by atoms with E-state index in [1.165, 1.54) is 141 Å². The molecule has 0 amide bonds. The van der Waals surface area contributed by atoms with E-state index in [0.717, 1.165) is 25.7 Å². The van der Waals surface area contributed by atoms with Crippen molar-refractivity contribution in [2.24, 2.45) is 5.92 Å². The molecule has 0 aromatic rings. The normalized spacial score (nSPS) is 11.9. The summed E-state index contributed by atoms with van der Waals surface area (Å²) in [5.74, 6) is -0.542. The van der Waals surface area contributed by atoms with Crippen LogP contribution in [0.4, 0.5) is 0 Å². The molecule has 2 heteroatoms. The van der Waals surface area contributed by atoms with E-state index >= 15 is 0 Å². The van der Waals surface area contributed by atoms with Gasteiger partial charge < -0.3 is 0 Å². The summed E-state index contributed by atoms with van der Waals surface area (Å²) in [6, 6.07) is 0. The Balaban J connectivity index is 3.51. The monoisotopic (exact) mass is 558 g/mol. The highest BCUT2D eigenvalue weighted by atomic mass is 16.1. The van der Waals surface area contributed by atoms with E-state index in [1.807, 2.05) is 0 Å². The molecule has 233 valence electrons. The van der Waals surface area contributed by atoms with Crippen molar-refractivity contribution in [2.45, 2.75) is 194 Å². The molecule has 2 nitrogen and oxygen atoms in total. The second-order valence-corrected chi connectivity index (χ2v) is 12.2. The van der Waals surface area contributed by atoms with Gasteiger partial charge >= 0.3 is 0 Å². The third kappa shape index (κ3) is 28.4. The highest BCUT2D eigenvalue weighted by molar-refractivity contribution is 6.02. The van der Waals surface area contributed by atoms with Gasteiger partial charge in [-0.2, -0.15) is 0 Å². The second kappa shape index (κ2) is 32.3. The second-order valence-electron chi connectivity index (χ2n) is 12.2. The first-order valence-corrected chi connectivity index (χ1v) is 17.8. The summed E-state index contributed by atoms with van der Waals surface area (Å²) < 4.78 is 0. The minimum absolute atomic E-state index is 0.0513. The number of ketones is 2. The van der Waals surface area contributed by atoms with Gasteiger partial charge in [0.05, 0.1) is 5.92 Å². The van der Waals surface area contributed by atoms with Crippen LogP contribution in [0.3, 0.4) is 0 Å². The quantitative estimate of drug-likeness (QED) is 0.0468. The first-order valence-electron chi connectivity index (χ1n) is 17.8. The Hall–Kier alpha value is -1.18. The fraction of sp³-hybridized carbons (Fsp3) is 0.816. The summed E-state index contributed by atoms with van der Waals surface area (Å²) in [6.45, 7) is 8.44. The average Bonchev–Trinajstić information content (AvgIpc) is 2.96. The van der Waals surface area contributed by atoms with Crippen LogP contribution in [-0.4, -0.2) is 11.6 Å². The Morgan fingerprint density at radius 3 is 0.975 bits per heavy atom. The van der Waals surface area contributed by atoms with Gasteiger partial charge in [-0.3, -0.25) is 9.59 Å². The maximum absolute atomic E-state index is 12.4. The Morgan fingerprint density at radius 1 is 0.425 bits per heavy atom. The van der Waals surface area contributed by atoms with Gasteiger partial charge in [-0.1, -0.05) is 141 Å². The lowest BCUT2D eigenvalue weighted by atomic mass is 9.93. The maximum atomic E-state index is 12.4. The lowest BCUT2D eigenvalue weighted by Crippen LogP contribution is -2.21. The summed E-state index contributed by atoms with van der Waals surface area (Å²) >= 11 is 0. The molecule has 0 bridgehead atoms. The number of carbonyl (C=O) groups is 2. The van der Waals surface area contributed by atoms with E-state index in [4.69, 9.17) is 0 Å². The van der Waals surface area contributed by atoms with Gasteiger partial charge in [0, 0.05) is 12.8 Å². The summed E-state index contributed by atoms with van der Waals surface area (Å²) in [5.41, 5.74) is 0. The Labute approximate surface area is 251 Å². The van der Waals surface area contributed by atoms with Gasteiger partial charge in [-0.15, -0.1) is 0 Å². The number of unbranched alkanes of at least 4 members (excludes halogenated alkanes) is 22. The van der Waals surface area contributed by atoms with Crippen LogP contribution >= 0.6 is 0 Å². The number of hydrogen-bond acceptors (Lipinski definition) is 2. The summed E-state index contributed by atoms with van der Waals surface area (Å²) in [5, 5.41) is 0. The molecule has 0 unspecified atom stereocenters. The molecule has 0 aliphatic heterocycles. The van der Waals surface area contributed by atoms with Gasteiger partial charge in [-0.25, -0.2) is 0 Å². The molecule has 0 spiro atoms. The van der Waals surface area contributed by atoms with E-state index in [1.54, 1.807) is 0 Å². The van der Waals surface area contributed by atoms with E-state index < -0.39 is 5.92 Å². The van der Waals surface area contributed by atoms with E-state index in [0.29, 0.717) is 12.8 Å². The lowest BCUT2D eigenvalue weighted by Gasteiger charge is -2.09. The molecule has 0 fully saturated rings. The van der Waals surface area contributed by atoms with Crippen LogP contribution in [0.5, 0.6) is 0 Å². The zero-order chi connectivity index (χ0) is 29.4. The highest BCUT2D eigenvalue weighted by Gasteiger charge is 2.20. The van der Waals surface area contributed by atoms with Crippen molar-refractivity contribution in [3.63, 3.8) is 0 Å². The molecule has 0 saturated carbocycles. The topological polar surface area (TPSA) is 34.1 Å². The number of rotatable bonds is 32. The molecule has 0 rings (SSSR count). The van der Waals surface area contributed by atoms with Crippen LogP contribution in [0.15, 0.2) is 24.3 Å². The summed E-state index contributed by atoms with van der Waals surface area (Å²) in [4.78, 5) is 24.8. The smallest absolute Gasteiger partial charge is 0.143 e. The molecule has 0 saturated heterocycles. The van der Waals surface area contributed by atoms with Crippen LogP contribution in [-0.2, 0) is 9.59 Å². The molecule has 0 heterocycles. The average molecular weight is 558 g/mol. The van der Waals surface area contributed by atoms with Crippen molar-refractivity contribution in [2.75, 3.05) is 0 Å². The van der Waals surface area contributed by atoms with Crippen molar-refractivity contribution < 1.29 is 9.59 Å². The predicted molar refractivity (Wildman–Crippen MR) is 178 cm³/mol. The van der Waals surface area contributed by atoms with E-state index in [2.05, 4.69) is 45.1 Å². The summed E-state index contributed by atoms with van der Waals surface area (Å²) in [6.07, 6.45) is 43.0. The molecular weight excluding hydrogens is 488 g/mol. The molecule has 0 aliphatic carbocycles. The molecular formula is C38H69O2. The van der Waals surface area contributed by atoms with Gasteiger partial charge in [0.2, 0.25) is 0 Å². The van der Waals surface area contributed by atoms with Crippen molar-refractivity contribution >= 4 is 11.6 Å². The SMILES string of the molecule is [CH2]C(C(=O)CCCCCCC/C=C\CCCCCCCC)C(=O)CCCCCCC/C=C\CCCCCCCC. The van der Waals surface area contributed by atoms with Crippen LogP contribution in [0.25, 0.3) is 0 Å². The Kier molecular flexibility index (Phi) is 31.4. The van der Waals surface area contributed by atoms with Crippen molar-refractivity contribution in [1.29, 1.82) is 0 Å². The number of hydrogen-bond donors (Lipinski definition) is 0. The largest absolute Gasteiger partial charge is 0.299 e. The minimum Gasteiger partial charge on any atom is -0.299 e. The number of Topliss-reactive ketones (excluding diaryl/α,β-unsaturated/α-hetero) is 2. The van der Waals surface area contributed by atoms with Crippen LogP contribution < -0.4 is 0 Å². The summed E-state index contributed by atoms with van der Waals surface area (Å²) in [7, 11) is 0. The number of carbonyl (C=O) groups excluding carboxylic acids is 2. The first-order chi connectivity index (χ1) is 19.6. The van der Waals surface area contributed by atoms with E-state index in [9.17, 15) is 9.59 Å². The van der Waals surface area contributed by atoms with Crippen molar-refractivity contribution in [3.05, 3.63) is 31.2 Å². The van der Waals surface area contributed by atoms with Crippen LogP contribution in [0.1, 0.15) is 194 Å². The fourth-order valence-electron chi connectivity index (χ4n) is 5.27. The first kappa shape index (κ1) is 38.8. The fourth-order valence-corrected chi connectivity index (χ4v) is 5.27. The Bertz CT molecular complexity index is 551. The predicted octanol–water partition coefficient (Wildman–Crippen LogP) is 12.6. The zero-order valence-corrected chi connectivity index (χ0v) is 27.2. The van der Waals surface area contributed by atoms with Crippen LogP contribution in [0, 0.1) is 12.8 Å². The third-order valence-electron chi connectivity index (χ3n) is 8.15. The third-order valence-corrected chi connectivity index (χ3v) is 8.15. The number of allylic oxidation sites excluding steroid dienone is 4. The highest BCUT2D eigenvalue weighted by Crippen LogP contribution is 2.15. The van der Waals surface area contributed by atoms with Crippen molar-refractivity contribution in [3.8, 4) is 0 Å². The molecule has 0 aliphatic rings. The Morgan fingerprint density at radius 2 is 0.675 bits per heavy atom. The van der Waals surface area contributed by atoms with Crippen LogP contribution in [0.2, 0.25) is 0 Å². The standard InChI is InChI=1S/C38H69O2/c1-4-6-8-10-12-14-16-18-20-22-24-26-28-30-32-34-37(39)36(3)38(40)35-33-31-29-27-25-23-21-19-17-15-13-11-9-7-5-2/h18-21,36H,3-17,22-35H2,1-2H3/b20-18-,21-19-. The lowest BCUT2D eigenvalue weighted by molar-refractivity contribution is -0.131. The molecule has 0 N–H and O–H groups in total.